The van der Waals surface area contributed by atoms with E-state index in [1.807, 2.05) is 22.9 Å². The summed E-state index contributed by atoms with van der Waals surface area (Å²) in [6, 6.07) is 10.3. The van der Waals surface area contributed by atoms with Gasteiger partial charge >= 0.3 is 0 Å². The minimum absolute atomic E-state index is 0.121. The Morgan fingerprint density at radius 2 is 2.12 bits per heavy atom. The molecule has 6 heteroatoms. The van der Waals surface area contributed by atoms with Crippen molar-refractivity contribution in [1.82, 2.24) is 19.9 Å². The Labute approximate surface area is 139 Å². The van der Waals surface area contributed by atoms with Crippen molar-refractivity contribution in [2.24, 2.45) is 0 Å². The summed E-state index contributed by atoms with van der Waals surface area (Å²) >= 11 is 0. The first-order valence-corrected chi connectivity index (χ1v) is 8.26. The van der Waals surface area contributed by atoms with E-state index in [0.717, 1.165) is 18.7 Å². The summed E-state index contributed by atoms with van der Waals surface area (Å²) < 4.78 is 7.77. The van der Waals surface area contributed by atoms with Gasteiger partial charge in [0.2, 0.25) is 0 Å². The van der Waals surface area contributed by atoms with Crippen LogP contribution in [0.25, 0.3) is 16.7 Å². The molecule has 6 nitrogen and oxygen atoms in total. The van der Waals surface area contributed by atoms with Crippen molar-refractivity contribution in [3.63, 3.8) is 0 Å². The van der Waals surface area contributed by atoms with Gasteiger partial charge in [0.05, 0.1) is 30.5 Å². The lowest BCUT2D eigenvalue weighted by molar-refractivity contribution is 0.00204. The Hall–Kier alpha value is -2.44. The van der Waals surface area contributed by atoms with Crippen molar-refractivity contribution in [3.05, 3.63) is 58.8 Å². The molecule has 0 aliphatic carbocycles. The van der Waals surface area contributed by atoms with Gasteiger partial charge in [-0.25, -0.2) is 4.98 Å². The van der Waals surface area contributed by atoms with Crippen LogP contribution in [0.2, 0.25) is 0 Å². The molecule has 3 aromatic rings. The maximum absolute atomic E-state index is 11.8. The van der Waals surface area contributed by atoms with E-state index in [2.05, 4.69) is 34.3 Å². The van der Waals surface area contributed by atoms with Gasteiger partial charge in [0.15, 0.2) is 5.65 Å². The number of aromatic amines is 1. The number of nitrogens with zero attached hydrogens (tertiary/aromatic N) is 2. The minimum atomic E-state index is -0.121. The van der Waals surface area contributed by atoms with Gasteiger partial charge in [0.1, 0.15) is 0 Å². The van der Waals surface area contributed by atoms with Crippen LogP contribution in [0.3, 0.4) is 0 Å². The van der Waals surface area contributed by atoms with Crippen LogP contribution in [-0.4, -0.2) is 33.8 Å². The van der Waals surface area contributed by atoms with Gasteiger partial charge in [-0.05, 0) is 30.2 Å². The van der Waals surface area contributed by atoms with E-state index in [1.165, 1.54) is 11.9 Å². The number of fused-ring (bicyclic) bond motifs is 1. The molecule has 3 heterocycles. The molecule has 1 aliphatic rings. The fourth-order valence-corrected chi connectivity index (χ4v) is 3.14. The van der Waals surface area contributed by atoms with Crippen molar-refractivity contribution in [2.75, 3.05) is 13.2 Å². The monoisotopic (exact) mass is 324 g/mol. The fraction of sp³-hybridized carbons (Fsp3) is 0.333. The first-order valence-electron chi connectivity index (χ1n) is 8.26. The molecule has 124 valence electrons. The van der Waals surface area contributed by atoms with E-state index in [1.54, 1.807) is 6.07 Å². The predicted octanol–water partition coefficient (Wildman–Crippen LogP) is 2.15. The summed E-state index contributed by atoms with van der Waals surface area (Å²) in [4.78, 5) is 18.7. The number of ether oxygens (including phenoxy) is 1. The van der Waals surface area contributed by atoms with Crippen LogP contribution < -0.4 is 10.9 Å². The van der Waals surface area contributed by atoms with Crippen LogP contribution in [0.4, 0.5) is 0 Å². The third-order valence-electron chi connectivity index (χ3n) is 4.61. The first kappa shape index (κ1) is 15.1. The molecule has 0 amide bonds. The zero-order chi connectivity index (χ0) is 16.5. The molecule has 4 rings (SSSR count). The molecule has 2 atom stereocenters. The maximum atomic E-state index is 11.8. The SMILES string of the molecule is CC[C@H]1CN[C@H](c2ccc(-n3ccc4c(=O)[nH]cnc43)cc2)CO1. The Bertz CT molecular complexity index is 889. The third-order valence-corrected chi connectivity index (χ3v) is 4.61. The molecule has 0 spiro atoms. The lowest BCUT2D eigenvalue weighted by Gasteiger charge is -2.30. The number of rotatable bonds is 3. The zero-order valence-electron chi connectivity index (χ0n) is 13.5. The van der Waals surface area contributed by atoms with Crippen LogP contribution >= 0.6 is 0 Å². The van der Waals surface area contributed by atoms with Crippen LogP contribution in [-0.2, 0) is 4.74 Å². The van der Waals surface area contributed by atoms with E-state index in [4.69, 9.17) is 4.74 Å². The summed E-state index contributed by atoms with van der Waals surface area (Å²) in [7, 11) is 0. The molecule has 0 unspecified atom stereocenters. The Kier molecular flexibility index (Phi) is 3.92. The standard InChI is InChI=1S/C18H20N4O2/c1-2-14-9-19-16(10-24-14)12-3-5-13(6-4-12)22-8-7-15-17(22)20-11-21-18(15)23/h3-8,11,14,16,19H,2,9-10H2,1H3,(H,20,21,23)/t14-,16-/m0/s1. The Morgan fingerprint density at radius 1 is 1.29 bits per heavy atom. The Balaban J connectivity index is 1.60. The highest BCUT2D eigenvalue weighted by atomic mass is 16.5. The lowest BCUT2D eigenvalue weighted by atomic mass is 10.0. The van der Waals surface area contributed by atoms with Crippen LogP contribution in [0.1, 0.15) is 24.9 Å². The zero-order valence-corrected chi connectivity index (χ0v) is 13.5. The van der Waals surface area contributed by atoms with Gasteiger partial charge < -0.3 is 19.6 Å². The summed E-state index contributed by atoms with van der Waals surface area (Å²) in [5.41, 5.74) is 2.73. The molecule has 1 aliphatic heterocycles. The number of hydrogen-bond donors (Lipinski definition) is 2. The highest BCUT2D eigenvalue weighted by Crippen LogP contribution is 2.22. The van der Waals surface area contributed by atoms with E-state index in [0.29, 0.717) is 23.7 Å². The van der Waals surface area contributed by atoms with E-state index in [-0.39, 0.29) is 11.6 Å². The fourth-order valence-electron chi connectivity index (χ4n) is 3.14. The average molecular weight is 324 g/mol. The summed E-state index contributed by atoms with van der Waals surface area (Å²) in [6.45, 7) is 3.72. The molecule has 1 fully saturated rings. The van der Waals surface area contributed by atoms with Crippen molar-refractivity contribution in [2.45, 2.75) is 25.5 Å². The van der Waals surface area contributed by atoms with Gasteiger partial charge in [-0.3, -0.25) is 4.79 Å². The van der Waals surface area contributed by atoms with Crippen molar-refractivity contribution >= 4 is 11.0 Å². The van der Waals surface area contributed by atoms with Crippen molar-refractivity contribution in [1.29, 1.82) is 0 Å². The molecule has 1 saturated heterocycles. The van der Waals surface area contributed by atoms with Crippen LogP contribution in [0.15, 0.2) is 47.7 Å². The molecule has 2 N–H and O–H groups in total. The number of aromatic nitrogens is 3. The molecular weight excluding hydrogens is 304 g/mol. The topological polar surface area (TPSA) is 71.9 Å². The summed E-state index contributed by atoms with van der Waals surface area (Å²) in [5.74, 6) is 0. The highest BCUT2D eigenvalue weighted by molar-refractivity contribution is 5.76. The second-order valence-electron chi connectivity index (χ2n) is 6.07. The van der Waals surface area contributed by atoms with Crippen LogP contribution in [0, 0.1) is 0 Å². The van der Waals surface area contributed by atoms with Crippen LogP contribution in [0.5, 0.6) is 0 Å². The van der Waals surface area contributed by atoms with E-state index >= 15 is 0 Å². The molecular formula is C18H20N4O2. The van der Waals surface area contributed by atoms with Crippen molar-refractivity contribution < 1.29 is 4.74 Å². The average Bonchev–Trinajstić information content (AvgIpc) is 3.07. The molecule has 1 aromatic carbocycles. The second kappa shape index (κ2) is 6.22. The molecule has 24 heavy (non-hydrogen) atoms. The van der Waals surface area contributed by atoms with Gasteiger partial charge in [-0.1, -0.05) is 19.1 Å². The normalized spacial score (nSPS) is 21.2. The minimum Gasteiger partial charge on any atom is -0.375 e. The van der Waals surface area contributed by atoms with Gasteiger partial charge in [-0.2, -0.15) is 0 Å². The molecule has 0 radical (unpaired) electrons. The molecule has 0 bridgehead atoms. The number of benzene rings is 1. The van der Waals surface area contributed by atoms with Crippen molar-refractivity contribution in [3.8, 4) is 5.69 Å². The highest BCUT2D eigenvalue weighted by Gasteiger charge is 2.21. The van der Waals surface area contributed by atoms with E-state index in [9.17, 15) is 4.79 Å². The third kappa shape index (κ3) is 2.64. The molecule has 2 aromatic heterocycles. The quantitative estimate of drug-likeness (QED) is 0.774. The van der Waals surface area contributed by atoms with Gasteiger partial charge in [0, 0.05) is 18.4 Å². The number of hydrogen-bond acceptors (Lipinski definition) is 4. The first-order chi connectivity index (χ1) is 11.8. The van der Waals surface area contributed by atoms with Gasteiger partial charge in [-0.15, -0.1) is 0 Å². The smallest absolute Gasteiger partial charge is 0.260 e. The number of morpholine rings is 1. The second-order valence-corrected chi connectivity index (χ2v) is 6.07. The van der Waals surface area contributed by atoms with Gasteiger partial charge in [0.25, 0.3) is 5.56 Å². The largest absolute Gasteiger partial charge is 0.375 e. The lowest BCUT2D eigenvalue weighted by Crippen LogP contribution is -2.40. The number of nitrogens with one attached hydrogen (secondary N) is 2. The molecule has 0 saturated carbocycles. The summed E-state index contributed by atoms with van der Waals surface area (Å²) in [5, 5.41) is 4.13. The van der Waals surface area contributed by atoms with E-state index < -0.39 is 0 Å². The Morgan fingerprint density at radius 3 is 2.83 bits per heavy atom. The summed E-state index contributed by atoms with van der Waals surface area (Å²) in [6.07, 6.45) is 4.65. The maximum Gasteiger partial charge on any atom is 0.260 e. The number of H-pyrrole nitrogens is 1. The predicted molar refractivity (Wildman–Crippen MR) is 92.5 cm³/mol.